The van der Waals surface area contributed by atoms with Gasteiger partial charge in [-0.05, 0) is 13.3 Å². The molecule has 0 unspecified atom stereocenters. The number of ether oxygens (including phenoxy) is 3. The van der Waals surface area contributed by atoms with Crippen molar-refractivity contribution in [2.75, 3.05) is 46.2 Å². The third-order valence-electron chi connectivity index (χ3n) is 2.09. The maximum absolute atomic E-state index is 11.1. The molecule has 0 radical (unpaired) electrons. The lowest BCUT2D eigenvalue weighted by atomic mass is 10.3. The summed E-state index contributed by atoms with van der Waals surface area (Å²) in [5.74, 6) is 0.0680. The summed E-state index contributed by atoms with van der Waals surface area (Å²) in [4.78, 5) is 21.6. The Morgan fingerprint density at radius 1 is 0.947 bits per heavy atom. The van der Waals surface area contributed by atoms with Crippen LogP contribution >= 0.6 is 0 Å². The molecule has 0 fully saturated rings. The van der Waals surface area contributed by atoms with Crippen LogP contribution in [0.2, 0.25) is 0 Å². The quantitative estimate of drug-likeness (QED) is 0.497. The van der Waals surface area contributed by atoms with Gasteiger partial charge in [-0.1, -0.05) is 6.92 Å². The molecule has 0 aromatic rings. The first-order valence-corrected chi connectivity index (χ1v) is 6.66. The van der Waals surface area contributed by atoms with Crippen molar-refractivity contribution in [3.63, 3.8) is 0 Å². The van der Waals surface area contributed by atoms with E-state index in [2.05, 4.69) is 5.32 Å². The van der Waals surface area contributed by atoms with Crippen LogP contribution in [0.4, 0.5) is 0 Å². The lowest BCUT2D eigenvalue weighted by Crippen LogP contribution is -2.27. The predicted molar refractivity (Wildman–Crippen MR) is 71.1 cm³/mol. The second kappa shape index (κ2) is 13.5. The number of hydrogen-bond acceptors (Lipinski definition) is 5. The molecule has 0 spiro atoms. The molecule has 6 nitrogen and oxygen atoms in total. The van der Waals surface area contributed by atoms with Gasteiger partial charge in [0, 0.05) is 13.0 Å². The zero-order chi connectivity index (χ0) is 14.3. The second-order valence-corrected chi connectivity index (χ2v) is 4.08. The third kappa shape index (κ3) is 15.0. The van der Waals surface area contributed by atoms with Crippen molar-refractivity contribution >= 4 is 11.7 Å². The van der Waals surface area contributed by atoms with Gasteiger partial charge in [-0.2, -0.15) is 0 Å². The maximum Gasteiger partial charge on any atom is 0.220 e. The molecule has 6 heteroatoms. The van der Waals surface area contributed by atoms with Crippen molar-refractivity contribution in [1.82, 2.24) is 5.32 Å². The average Bonchev–Trinajstić information content (AvgIpc) is 2.36. The van der Waals surface area contributed by atoms with Crippen LogP contribution in [0.3, 0.4) is 0 Å². The van der Waals surface area contributed by atoms with Crippen molar-refractivity contribution in [3.8, 4) is 0 Å². The summed E-state index contributed by atoms with van der Waals surface area (Å²) in [5.41, 5.74) is 0. The summed E-state index contributed by atoms with van der Waals surface area (Å²) in [7, 11) is 0. The molecule has 0 aromatic carbocycles. The summed E-state index contributed by atoms with van der Waals surface area (Å²) in [6.45, 7) is 6.41. The summed E-state index contributed by atoms with van der Waals surface area (Å²) < 4.78 is 15.5. The van der Waals surface area contributed by atoms with E-state index in [9.17, 15) is 9.59 Å². The van der Waals surface area contributed by atoms with Crippen LogP contribution in [0.5, 0.6) is 0 Å². The number of nitrogens with one attached hydrogen (secondary N) is 1. The van der Waals surface area contributed by atoms with Crippen molar-refractivity contribution in [2.45, 2.75) is 26.7 Å². The van der Waals surface area contributed by atoms with Crippen LogP contribution in [-0.4, -0.2) is 57.9 Å². The Morgan fingerprint density at radius 2 is 1.53 bits per heavy atom. The van der Waals surface area contributed by atoms with E-state index in [0.717, 1.165) is 6.42 Å². The van der Waals surface area contributed by atoms with Crippen molar-refractivity contribution in [1.29, 1.82) is 0 Å². The lowest BCUT2D eigenvalue weighted by Gasteiger charge is -2.07. The van der Waals surface area contributed by atoms with Gasteiger partial charge in [0.25, 0.3) is 0 Å². The molecule has 0 aromatic heterocycles. The number of amides is 1. The van der Waals surface area contributed by atoms with Crippen molar-refractivity contribution in [3.05, 3.63) is 0 Å². The smallest absolute Gasteiger partial charge is 0.220 e. The van der Waals surface area contributed by atoms with E-state index >= 15 is 0 Å². The fourth-order valence-electron chi connectivity index (χ4n) is 1.23. The van der Waals surface area contributed by atoms with Crippen LogP contribution < -0.4 is 5.32 Å². The first-order valence-electron chi connectivity index (χ1n) is 6.66. The Hall–Kier alpha value is -0.980. The zero-order valence-corrected chi connectivity index (χ0v) is 11.9. The molecule has 0 atom stereocenters. The number of ketones is 1. The Bertz CT molecular complexity index is 245. The molecule has 0 saturated carbocycles. The van der Waals surface area contributed by atoms with E-state index in [1.54, 1.807) is 0 Å². The minimum Gasteiger partial charge on any atom is -0.377 e. The van der Waals surface area contributed by atoms with Crippen LogP contribution in [-0.2, 0) is 23.8 Å². The minimum absolute atomic E-state index is 0.00783. The molecule has 0 heterocycles. The Morgan fingerprint density at radius 3 is 2.11 bits per heavy atom. The van der Waals surface area contributed by atoms with Crippen LogP contribution in [0, 0.1) is 0 Å². The van der Waals surface area contributed by atoms with Crippen LogP contribution in [0.25, 0.3) is 0 Å². The second-order valence-electron chi connectivity index (χ2n) is 4.08. The molecule has 0 aliphatic rings. The van der Waals surface area contributed by atoms with Gasteiger partial charge in [0.1, 0.15) is 6.61 Å². The predicted octanol–water partition coefficient (Wildman–Crippen LogP) is 0.542. The summed E-state index contributed by atoms with van der Waals surface area (Å²) >= 11 is 0. The van der Waals surface area contributed by atoms with Gasteiger partial charge < -0.3 is 19.5 Å². The van der Waals surface area contributed by atoms with Gasteiger partial charge >= 0.3 is 0 Å². The first kappa shape index (κ1) is 18.0. The monoisotopic (exact) mass is 275 g/mol. The standard InChI is InChI=1S/C13H25NO5/c1-3-4-13(16)14-5-6-17-7-8-18-9-10-19-11-12(2)15/h3-11H2,1-2H3,(H,14,16). The number of hydrogen-bond donors (Lipinski definition) is 1. The van der Waals surface area contributed by atoms with Gasteiger partial charge in [0.15, 0.2) is 5.78 Å². The third-order valence-corrected chi connectivity index (χ3v) is 2.09. The molecular weight excluding hydrogens is 250 g/mol. The van der Waals surface area contributed by atoms with E-state index in [-0.39, 0.29) is 18.3 Å². The summed E-state index contributed by atoms with van der Waals surface area (Å²) in [5, 5.41) is 2.76. The molecule has 112 valence electrons. The Balaban J connectivity index is 3.06. The molecule has 0 aliphatic carbocycles. The van der Waals surface area contributed by atoms with Crippen molar-refractivity contribution < 1.29 is 23.8 Å². The fourth-order valence-corrected chi connectivity index (χ4v) is 1.23. The first-order chi connectivity index (χ1) is 9.16. The Kier molecular flexibility index (Phi) is 12.8. The zero-order valence-electron chi connectivity index (χ0n) is 11.9. The van der Waals surface area contributed by atoms with Gasteiger partial charge in [0.2, 0.25) is 5.91 Å². The number of rotatable bonds is 13. The van der Waals surface area contributed by atoms with Gasteiger partial charge in [-0.25, -0.2) is 0 Å². The number of carbonyl (C=O) groups excluding carboxylic acids is 2. The largest absolute Gasteiger partial charge is 0.377 e. The Labute approximate surface area is 114 Å². The topological polar surface area (TPSA) is 73.9 Å². The van der Waals surface area contributed by atoms with E-state index in [4.69, 9.17) is 14.2 Å². The SMILES string of the molecule is CCCC(=O)NCCOCCOCCOCC(C)=O. The fraction of sp³-hybridized carbons (Fsp3) is 0.846. The molecule has 19 heavy (non-hydrogen) atoms. The number of carbonyl (C=O) groups is 2. The molecule has 1 amide bonds. The van der Waals surface area contributed by atoms with E-state index < -0.39 is 0 Å². The summed E-state index contributed by atoms with van der Waals surface area (Å²) in [6.07, 6.45) is 1.41. The van der Waals surface area contributed by atoms with E-state index in [0.29, 0.717) is 46.0 Å². The van der Waals surface area contributed by atoms with Crippen LogP contribution in [0.15, 0.2) is 0 Å². The molecular formula is C13H25NO5. The molecule has 0 bridgehead atoms. The average molecular weight is 275 g/mol. The normalized spacial score (nSPS) is 10.4. The molecule has 0 saturated heterocycles. The molecule has 1 N–H and O–H groups in total. The maximum atomic E-state index is 11.1. The molecule has 0 aliphatic heterocycles. The highest BCUT2D eigenvalue weighted by molar-refractivity contribution is 5.76. The highest BCUT2D eigenvalue weighted by Gasteiger charge is 1.97. The van der Waals surface area contributed by atoms with Gasteiger partial charge in [0.05, 0.1) is 33.0 Å². The highest BCUT2D eigenvalue weighted by Crippen LogP contribution is 1.85. The van der Waals surface area contributed by atoms with Gasteiger partial charge in [-0.15, -0.1) is 0 Å². The van der Waals surface area contributed by atoms with E-state index in [1.165, 1.54) is 6.92 Å². The van der Waals surface area contributed by atoms with Gasteiger partial charge in [-0.3, -0.25) is 9.59 Å². The highest BCUT2D eigenvalue weighted by atomic mass is 16.5. The number of Topliss-reactive ketones (excluding diaryl/α,β-unsaturated/α-hetero) is 1. The van der Waals surface area contributed by atoms with Crippen molar-refractivity contribution in [2.24, 2.45) is 0 Å². The lowest BCUT2D eigenvalue weighted by molar-refractivity contribution is -0.122. The minimum atomic E-state index is 0.00783. The molecule has 0 rings (SSSR count). The van der Waals surface area contributed by atoms with E-state index in [1.807, 2.05) is 6.92 Å². The van der Waals surface area contributed by atoms with Crippen LogP contribution in [0.1, 0.15) is 26.7 Å². The summed E-state index contributed by atoms with van der Waals surface area (Å²) in [6, 6.07) is 0.